The van der Waals surface area contributed by atoms with E-state index < -0.39 is 52.0 Å². The molecule has 10 nitrogen and oxygen atoms in total. The van der Waals surface area contributed by atoms with E-state index in [-0.39, 0.29) is 36.1 Å². The lowest BCUT2D eigenvalue weighted by Crippen LogP contribution is -2.57. The van der Waals surface area contributed by atoms with Gasteiger partial charge in [0.1, 0.15) is 22.8 Å². The zero-order valence-electron chi connectivity index (χ0n) is 24.3. The number of carbonyl (C=O) groups excluding carboxylic acids is 3. The zero-order valence-corrected chi connectivity index (χ0v) is 24.3. The molecule has 3 atom stereocenters. The first kappa shape index (κ1) is 28.9. The molecule has 0 saturated carbocycles. The quantitative estimate of drug-likeness (QED) is 0.331. The Bertz CT molecular complexity index is 1590. The number of aromatic hydroxyl groups is 1. The third-order valence-corrected chi connectivity index (χ3v) is 9.81. The molecule has 4 aliphatic rings. The first-order valence-corrected chi connectivity index (χ1v) is 14.7. The number of phenolic OH excluding ortho intramolecular Hbond substituents is 1. The second kappa shape index (κ2) is 10.5. The first-order chi connectivity index (χ1) is 20.4. The average molecular weight is 588 g/mol. The van der Waals surface area contributed by atoms with Gasteiger partial charge in [-0.15, -0.1) is 0 Å². The topological polar surface area (TPSA) is 165 Å². The van der Waals surface area contributed by atoms with Crippen molar-refractivity contribution in [3.63, 3.8) is 0 Å². The maximum atomic E-state index is 14.0. The summed E-state index contributed by atoms with van der Waals surface area (Å²) in [7, 11) is 3.78. The van der Waals surface area contributed by atoms with Crippen molar-refractivity contribution in [2.24, 2.45) is 17.6 Å². The molecule has 3 aliphatic carbocycles. The van der Waals surface area contributed by atoms with Gasteiger partial charge in [0.15, 0.2) is 11.4 Å². The van der Waals surface area contributed by atoms with Gasteiger partial charge in [0, 0.05) is 44.2 Å². The number of ketones is 2. The highest BCUT2D eigenvalue weighted by molar-refractivity contribution is 6.24. The maximum absolute atomic E-state index is 14.0. The first-order valence-electron chi connectivity index (χ1n) is 14.7. The summed E-state index contributed by atoms with van der Waals surface area (Å²) in [5.41, 5.74) is 5.53. The Balaban J connectivity index is 1.34. The van der Waals surface area contributed by atoms with Crippen LogP contribution in [0.3, 0.4) is 0 Å². The third kappa shape index (κ3) is 4.51. The highest BCUT2D eigenvalue weighted by Gasteiger charge is 2.59. The molecule has 0 spiro atoms. The Morgan fingerprint density at radius 2 is 1.72 bits per heavy atom. The number of carbonyl (C=O) groups is 3. The monoisotopic (exact) mass is 587 g/mol. The molecular weight excluding hydrogens is 550 g/mol. The summed E-state index contributed by atoms with van der Waals surface area (Å²) in [6.45, 7) is 2.38. The predicted octanol–water partition coefficient (Wildman–Crippen LogP) is 3.03. The molecule has 1 heterocycles. The van der Waals surface area contributed by atoms with E-state index >= 15 is 0 Å². The maximum Gasteiger partial charge on any atom is 0.255 e. The number of fused-ring (bicyclic) bond motifs is 3. The Kier molecular flexibility index (Phi) is 7.09. The predicted molar refractivity (Wildman–Crippen MR) is 159 cm³/mol. The number of likely N-dealkylation sites (tertiary alicyclic amines) is 1. The Hall–Kier alpha value is -4.15. The van der Waals surface area contributed by atoms with Gasteiger partial charge in [0.2, 0.25) is 5.78 Å². The van der Waals surface area contributed by atoms with E-state index in [1.165, 1.54) is 5.56 Å². The van der Waals surface area contributed by atoms with Crippen LogP contribution in [0.25, 0.3) is 0 Å². The van der Waals surface area contributed by atoms with Gasteiger partial charge >= 0.3 is 0 Å². The molecular formula is C33H37N3O7. The van der Waals surface area contributed by atoms with E-state index in [9.17, 15) is 34.8 Å². The molecule has 43 heavy (non-hydrogen) atoms. The average Bonchev–Trinajstić information content (AvgIpc) is 2.95. The van der Waals surface area contributed by atoms with Crippen molar-refractivity contribution >= 4 is 23.2 Å². The number of aliphatic hydroxyl groups excluding tert-OH is 2. The lowest BCUT2D eigenvalue weighted by atomic mass is 9.60. The Morgan fingerprint density at radius 1 is 1.05 bits per heavy atom. The number of hydrogen-bond donors (Lipinski definition) is 5. The molecule has 0 aromatic heterocycles. The summed E-state index contributed by atoms with van der Waals surface area (Å²) < 4.78 is 0. The standard InChI is InChI=1S/C33H37N3O7/c1-35(2)28-20(16-36-10-8-18(9-11-36)17-6-4-3-5-7-17)14-23(37)26-22(28)13-19-12-21-15-24(38)27(32(34)42)31(41)33(21,43)30(40)25(19)29(26)39/h3-7,14,18-19,21,37-38,40,43H,8-13,15-16H2,1-2H3,(H2,34,42)/t19?,21-,33-/m0/s1. The number of benzene rings is 2. The number of aliphatic hydroxyl groups is 3. The van der Waals surface area contributed by atoms with Crippen molar-refractivity contribution in [1.82, 2.24) is 4.90 Å². The van der Waals surface area contributed by atoms with Crippen LogP contribution in [0, 0.1) is 11.8 Å². The fraction of sp³-hybridized carbons (Fsp3) is 0.424. The summed E-state index contributed by atoms with van der Waals surface area (Å²) in [5.74, 6) is -5.74. The van der Waals surface area contributed by atoms with E-state index in [0.29, 0.717) is 18.0 Å². The van der Waals surface area contributed by atoms with Crippen molar-refractivity contribution in [1.29, 1.82) is 0 Å². The van der Waals surface area contributed by atoms with E-state index in [0.717, 1.165) is 37.2 Å². The number of nitrogens with zero attached hydrogens (tertiary/aromatic N) is 2. The minimum Gasteiger partial charge on any atom is -0.511 e. The number of rotatable bonds is 5. The molecule has 1 fully saturated rings. The number of anilines is 1. The summed E-state index contributed by atoms with van der Waals surface area (Å²) in [5, 5.41) is 44.4. The molecule has 1 unspecified atom stereocenters. The summed E-state index contributed by atoms with van der Waals surface area (Å²) in [6.07, 6.45) is 2.18. The van der Waals surface area contributed by atoms with Crippen molar-refractivity contribution < 1.29 is 34.8 Å². The van der Waals surface area contributed by atoms with Gasteiger partial charge in [-0.2, -0.15) is 0 Å². The number of phenols is 1. The van der Waals surface area contributed by atoms with Gasteiger partial charge in [-0.25, -0.2) is 0 Å². The molecule has 0 radical (unpaired) electrons. The Labute approximate surface area is 249 Å². The van der Waals surface area contributed by atoms with Crippen LogP contribution < -0.4 is 10.6 Å². The van der Waals surface area contributed by atoms with E-state index in [1.807, 2.05) is 25.1 Å². The highest BCUT2D eigenvalue weighted by atomic mass is 16.3. The Morgan fingerprint density at radius 3 is 2.35 bits per heavy atom. The van der Waals surface area contributed by atoms with Gasteiger partial charge in [-0.1, -0.05) is 30.3 Å². The molecule has 2 aromatic rings. The number of hydrogen-bond acceptors (Lipinski definition) is 9. The second-order valence-corrected chi connectivity index (χ2v) is 12.5. The summed E-state index contributed by atoms with van der Waals surface area (Å²) in [4.78, 5) is 43.3. The highest BCUT2D eigenvalue weighted by Crippen LogP contribution is 2.52. The van der Waals surface area contributed by atoms with Gasteiger partial charge in [-0.05, 0) is 73.4 Å². The van der Waals surface area contributed by atoms with Crippen molar-refractivity contribution in [2.75, 3.05) is 32.1 Å². The number of amides is 1. The van der Waals surface area contributed by atoms with Crippen LogP contribution in [0.5, 0.6) is 5.75 Å². The molecule has 226 valence electrons. The number of nitrogens with two attached hydrogens (primary N) is 1. The van der Waals surface area contributed by atoms with Crippen LogP contribution >= 0.6 is 0 Å². The van der Waals surface area contributed by atoms with Crippen LogP contribution in [0.1, 0.15) is 58.6 Å². The van der Waals surface area contributed by atoms with Crippen LogP contribution in [0.2, 0.25) is 0 Å². The lowest BCUT2D eigenvalue weighted by molar-refractivity contribution is -0.144. The number of primary amides is 1. The summed E-state index contributed by atoms with van der Waals surface area (Å²) in [6, 6.07) is 12.1. The third-order valence-electron chi connectivity index (χ3n) is 9.81. The second-order valence-electron chi connectivity index (χ2n) is 12.5. The van der Waals surface area contributed by atoms with E-state index in [1.54, 1.807) is 6.07 Å². The number of allylic oxidation sites excluding steroid dienone is 2. The smallest absolute Gasteiger partial charge is 0.255 e. The normalized spacial score (nSPS) is 26.2. The molecule has 6 rings (SSSR count). The number of Topliss-reactive ketones (excluding diaryl/α,β-unsaturated/α-hetero) is 2. The molecule has 6 N–H and O–H groups in total. The lowest BCUT2D eigenvalue weighted by Gasteiger charge is -2.46. The zero-order chi connectivity index (χ0) is 30.8. The molecule has 2 aromatic carbocycles. The number of piperidine rings is 1. The molecule has 1 amide bonds. The van der Waals surface area contributed by atoms with Gasteiger partial charge in [0.05, 0.1) is 5.56 Å². The fourth-order valence-electron chi connectivity index (χ4n) is 7.81. The van der Waals surface area contributed by atoms with Gasteiger partial charge in [0.25, 0.3) is 5.91 Å². The molecule has 1 saturated heterocycles. The van der Waals surface area contributed by atoms with Crippen LogP contribution in [-0.2, 0) is 22.6 Å². The minimum absolute atomic E-state index is 0.0341. The van der Waals surface area contributed by atoms with Crippen LogP contribution in [-0.4, -0.2) is 75.6 Å². The van der Waals surface area contributed by atoms with Gasteiger partial charge < -0.3 is 31.1 Å². The molecule has 10 heteroatoms. The summed E-state index contributed by atoms with van der Waals surface area (Å²) >= 11 is 0. The van der Waals surface area contributed by atoms with E-state index in [2.05, 4.69) is 29.2 Å². The SMILES string of the molecule is CN(C)c1c(CN2CCC(c3ccccc3)CC2)cc(O)c2c1CC1C[C@H]3CC(O)=C(C(N)=O)C(=O)[C@@]3(O)C(O)=C1C2=O. The molecule has 0 bridgehead atoms. The fourth-order valence-corrected chi connectivity index (χ4v) is 7.81. The van der Waals surface area contributed by atoms with Gasteiger partial charge in [-0.3, -0.25) is 19.3 Å². The van der Waals surface area contributed by atoms with E-state index in [4.69, 9.17) is 5.73 Å². The minimum atomic E-state index is -2.57. The van der Waals surface area contributed by atoms with Crippen LogP contribution in [0.4, 0.5) is 5.69 Å². The van der Waals surface area contributed by atoms with Crippen molar-refractivity contribution in [3.8, 4) is 5.75 Å². The van der Waals surface area contributed by atoms with Crippen molar-refractivity contribution in [2.45, 2.75) is 50.2 Å². The van der Waals surface area contributed by atoms with Crippen LogP contribution in [0.15, 0.2) is 59.1 Å². The largest absolute Gasteiger partial charge is 0.511 e. The van der Waals surface area contributed by atoms with Crippen molar-refractivity contribution in [3.05, 3.63) is 81.3 Å². The molecule has 1 aliphatic heterocycles.